The van der Waals surface area contributed by atoms with Crippen LogP contribution in [-0.2, 0) is 9.59 Å². The summed E-state index contributed by atoms with van der Waals surface area (Å²) in [5.74, 6) is 0.119. The minimum Gasteiger partial charge on any atom is -0.394 e. The number of rotatable bonds is 10. The fourth-order valence-corrected chi connectivity index (χ4v) is 3.86. The van der Waals surface area contributed by atoms with Gasteiger partial charge in [-0.1, -0.05) is 47.0 Å². The lowest BCUT2D eigenvalue weighted by Crippen LogP contribution is -2.57. The molecule has 0 aromatic heterocycles. The second-order valence-corrected chi connectivity index (χ2v) is 8.61. The minimum atomic E-state index is -1.09. The van der Waals surface area contributed by atoms with Gasteiger partial charge in [0, 0.05) is 0 Å². The van der Waals surface area contributed by atoms with E-state index >= 15 is 0 Å². The van der Waals surface area contributed by atoms with Crippen molar-refractivity contribution in [2.24, 2.45) is 17.3 Å². The molecule has 0 aromatic rings. The lowest BCUT2D eigenvalue weighted by molar-refractivity contribution is -0.147. The van der Waals surface area contributed by atoms with E-state index < -0.39 is 5.41 Å². The van der Waals surface area contributed by atoms with Crippen LogP contribution >= 0.6 is 0 Å². The zero-order valence-electron chi connectivity index (χ0n) is 16.9. The van der Waals surface area contributed by atoms with E-state index in [1.54, 1.807) is 0 Å². The Bertz CT molecular complexity index is 411. The van der Waals surface area contributed by atoms with E-state index in [2.05, 4.69) is 10.6 Å². The second kappa shape index (κ2) is 10.9. The number of carbonyl (C=O) groups excluding carboxylic acids is 2. The van der Waals surface area contributed by atoms with Crippen LogP contribution in [0.2, 0.25) is 0 Å². The Morgan fingerprint density at radius 3 is 1.50 bits per heavy atom. The molecule has 0 bridgehead atoms. The molecule has 0 unspecified atom stereocenters. The Labute approximate surface area is 158 Å². The van der Waals surface area contributed by atoms with E-state index in [-0.39, 0.29) is 37.1 Å². The quantitative estimate of drug-likeness (QED) is 0.442. The van der Waals surface area contributed by atoms with E-state index in [1.807, 2.05) is 27.7 Å². The summed E-state index contributed by atoms with van der Waals surface area (Å²) in [6, 6.07) is -0.670. The van der Waals surface area contributed by atoms with Crippen LogP contribution in [0.1, 0.15) is 72.6 Å². The molecule has 0 spiro atoms. The molecule has 1 rings (SSSR count). The van der Waals surface area contributed by atoms with Gasteiger partial charge in [0.15, 0.2) is 0 Å². The third-order valence-corrected chi connectivity index (χ3v) is 5.20. The molecule has 0 aliphatic heterocycles. The molecular formula is C20H38N2O4. The van der Waals surface area contributed by atoms with Crippen molar-refractivity contribution in [3.05, 3.63) is 0 Å². The molecule has 1 fully saturated rings. The highest BCUT2D eigenvalue weighted by Gasteiger charge is 2.47. The highest BCUT2D eigenvalue weighted by atomic mass is 16.3. The van der Waals surface area contributed by atoms with Crippen LogP contribution in [0, 0.1) is 17.3 Å². The second-order valence-electron chi connectivity index (χ2n) is 8.61. The normalized spacial score (nSPS) is 19.2. The molecule has 0 saturated heterocycles. The van der Waals surface area contributed by atoms with Crippen molar-refractivity contribution in [3.63, 3.8) is 0 Å². The average Bonchev–Trinajstić information content (AvgIpc) is 2.59. The lowest BCUT2D eigenvalue weighted by atomic mass is 9.72. The van der Waals surface area contributed by atoms with Crippen molar-refractivity contribution in [1.29, 1.82) is 0 Å². The predicted molar refractivity (Wildman–Crippen MR) is 102 cm³/mol. The van der Waals surface area contributed by atoms with Gasteiger partial charge in [-0.15, -0.1) is 0 Å². The third kappa shape index (κ3) is 6.54. The van der Waals surface area contributed by atoms with Crippen molar-refractivity contribution in [2.45, 2.75) is 84.7 Å². The number of aliphatic hydroxyl groups excluding tert-OH is 2. The first-order chi connectivity index (χ1) is 12.2. The number of hydrogen-bond donors (Lipinski definition) is 4. The fraction of sp³-hybridized carbons (Fsp3) is 0.900. The van der Waals surface area contributed by atoms with E-state index in [4.69, 9.17) is 0 Å². The first kappa shape index (κ1) is 22.9. The van der Waals surface area contributed by atoms with E-state index in [1.165, 1.54) is 0 Å². The van der Waals surface area contributed by atoms with Gasteiger partial charge >= 0.3 is 0 Å². The van der Waals surface area contributed by atoms with Crippen LogP contribution in [0.25, 0.3) is 0 Å². The fourth-order valence-electron chi connectivity index (χ4n) is 3.86. The SMILES string of the molecule is CC(C)C[C@H](CO)NC(=O)C1(C(=O)N[C@@H](CO)CC(C)C)CCCCC1. The van der Waals surface area contributed by atoms with Crippen LogP contribution in [0.3, 0.4) is 0 Å². The van der Waals surface area contributed by atoms with Crippen LogP contribution in [-0.4, -0.2) is 47.3 Å². The van der Waals surface area contributed by atoms with Crippen LogP contribution in [0.4, 0.5) is 0 Å². The first-order valence-corrected chi connectivity index (χ1v) is 10.1. The highest BCUT2D eigenvalue weighted by molar-refractivity contribution is 6.05. The van der Waals surface area contributed by atoms with Gasteiger partial charge in [0.1, 0.15) is 5.41 Å². The topological polar surface area (TPSA) is 98.7 Å². The van der Waals surface area contributed by atoms with Crippen molar-refractivity contribution in [1.82, 2.24) is 10.6 Å². The zero-order valence-corrected chi connectivity index (χ0v) is 16.9. The van der Waals surface area contributed by atoms with Gasteiger partial charge < -0.3 is 20.8 Å². The number of hydrogen-bond acceptors (Lipinski definition) is 4. The van der Waals surface area contributed by atoms with Crippen molar-refractivity contribution < 1.29 is 19.8 Å². The molecule has 1 aliphatic rings. The number of nitrogens with one attached hydrogen (secondary N) is 2. The van der Waals surface area contributed by atoms with Crippen LogP contribution in [0.15, 0.2) is 0 Å². The first-order valence-electron chi connectivity index (χ1n) is 10.1. The smallest absolute Gasteiger partial charge is 0.235 e. The van der Waals surface area contributed by atoms with Gasteiger partial charge in [0.2, 0.25) is 11.8 Å². The molecule has 1 aliphatic carbocycles. The summed E-state index contributed by atoms with van der Waals surface area (Å²) in [4.78, 5) is 26.1. The summed E-state index contributed by atoms with van der Waals surface area (Å²) < 4.78 is 0. The average molecular weight is 371 g/mol. The molecule has 0 radical (unpaired) electrons. The molecule has 26 heavy (non-hydrogen) atoms. The van der Waals surface area contributed by atoms with Crippen molar-refractivity contribution in [2.75, 3.05) is 13.2 Å². The molecule has 2 amide bonds. The number of aliphatic hydroxyl groups is 2. The molecule has 2 atom stereocenters. The summed E-state index contributed by atoms with van der Waals surface area (Å²) in [7, 11) is 0. The largest absolute Gasteiger partial charge is 0.394 e. The summed E-state index contributed by atoms with van der Waals surface area (Å²) in [6.07, 6.45) is 5.08. The maximum atomic E-state index is 13.1. The van der Waals surface area contributed by atoms with Crippen molar-refractivity contribution >= 4 is 11.8 Å². The Morgan fingerprint density at radius 1 is 0.808 bits per heavy atom. The van der Waals surface area contributed by atoms with Gasteiger partial charge in [-0.2, -0.15) is 0 Å². The maximum Gasteiger partial charge on any atom is 0.235 e. The molecule has 4 N–H and O–H groups in total. The summed E-state index contributed by atoms with van der Waals surface area (Å²) in [5, 5.41) is 25.0. The Kier molecular flexibility index (Phi) is 9.58. The van der Waals surface area contributed by atoms with Gasteiger partial charge in [-0.3, -0.25) is 9.59 Å². The summed E-state index contributed by atoms with van der Waals surface area (Å²) in [5.41, 5.74) is -1.09. The number of amides is 2. The van der Waals surface area contributed by atoms with Gasteiger partial charge in [-0.05, 0) is 37.5 Å². The summed E-state index contributed by atoms with van der Waals surface area (Å²) >= 11 is 0. The molecule has 152 valence electrons. The van der Waals surface area contributed by atoms with E-state index in [9.17, 15) is 19.8 Å². The zero-order chi connectivity index (χ0) is 19.7. The van der Waals surface area contributed by atoms with Crippen LogP contribution < -0.4 is 10.6 Å². The van der Waals surface area contributed by atoms with E-state index in [0.717, 1.165) is 19.3 Å². The number of carbonyl (C=O) groups is 2. The van der Waals surface area contributed by atoms with Gasteiger partial charge in [0.05, 0.1) is 25.3 Å². The Balaban J connectivity index is 2.91. The van der Waals surface area contributed by atoms with Crippen molar-refractivity contribution in [3.8, 4) is 0 Å². The molecule has 0 heterocycles. The maximum absolute atomic E-state index is 13.1. The molecule has 1 saturated carbocycles. The monoisotopic (exact) mass is 370 g/mol. The summed E-state index contributed by atoms with van der Waals surface area (Å²) in [6.45, 7) is 7.89. The highest BCUT2D eigenvalue weighted by Crippen LogP contribution is 2.37. The Hall–Kier alpha value is -1.14. The van der Waals surface area contributed by atoms with Gasteiger partial charge in [0.25, 0.3) is 0 Å². The molecule has 6 nitrogen and oxygen atoms in total. The Morgan fingerprint density at radius 2 is 1.19 bits per heavy atom. The molecule has 6 heteroatoms. The van der Waals surface area contributed by atoms with Crippen LogP contribution in [0.5, 0.6) is 0 Å². The van der Waals surface area contributed by atoms with Gasteiger partial charge in [-0.25, -0.2) is 0 Å². The lowest BCUT2D eigenvalue weighted by Gasteiger charge is -2.37. The molecule has 0 aromatic carbocycles. The third-order valence-electron chi connectivity index (χ3n) is 5.20. The molecular weight excluding hydrogens is 332 g/mol. The predicted octanol–water partition coefficient (Wildman–Crippen LogP) is 1.98. The van der Waals surface area contributed by atoms with E-state index in [0.29, 0.717) is 37.5 Å². The standard InChI is InChI=1S/C20H38N2O4/c1-14(2)10-16(12-23)21-18(25)20(8-6-5-7-9-20)19(26)22-17(13-24)11-15(3)4/h14-17,23-24H,5-13H2,1-4H3,(H,21,25)(H,22,26)/t16-,17-/m1/s1. The minimum absolute atomic E-state index is 0.131.